The highest BCUT2D eigenvalue weighted by atomic mass is 35.5. The van der Waals surface area contributed by atoms with Crippen LogP contribution in [0.15, 0.2) is 41.1 Å². The normalized spacial score (nSPS) is 10.7. The maximum absolute atomic E-state index is 12.4. The van der Waals surface area contributed by atoms with E-state index in [0.29, 0.717) is 16.5 Å². The first-order chi connectivity index (χ1) is 10.5. The predicted molar refractivity (Wildman–Crippen MR) is 88.7 cm³/mol. The molecule has 6 heteroatoms. The van der Waals surface area contributed by atoms with Gasteiger partial charge in [0.1, 0.15) is 0 Å². The summed E-state index contributed by atoms with van der Waals surface area (Å²) in [6.07, 6.45) is 1.27. The van der Waals surface area contributed by atoms with Crippen molar-refractivity contribution in [1.29, 1.82) is 0 Å². The first-order valence-corrected chi connectivity index (χ1v) is 7.82. The SMILES string of the molecule is Cc1ccc(NC(=O)c2ncoc2-c2ccc(C)s2)c(Cl)c1. The van der Waals surface area contributed by atoms with Crippen LogP contribution in [0.25, 0.3) is 10.6 Å². The van der Waals surface area contributed by atoms with Crippen LogP contribution in [0.2, 0.25) is 5.02 Å². The number of halogens is 1. The second-order valence-electron chi connectivity index (χ2n) is 4.88. The quantitative estimate of drug-likeness (QED) is 0.740. The van der Waals surface area contributed by atoms with E-state index in [-0.39, 0.29) is 11.6 Å². The largest absolute Gasteiger partial charge is 0.442 e. The Kier molecular flexibility index (Phi) is 4.00. The lowest BCUT2D eigenvalue weighted by Gasteiger charge is -2.07. The van der Waals surface area contributed by atoms with Gasteiger partial charge in [-0.05, 0) is 43.7 Å². The van der Waals surface area contributed by atoms with Gasteiger partial charge in [0, 0.05) is 4.88 Å². The Bertz CT molecular complexity index is 838. The Morgan fingerprint density at radius 2 is 2.09 bits per heavy atom. The number of thiophene rings is 1. The maximum atomic E-state index is 12.4. The summed E-state index contributed by atoms with van der Waals surface area (Å²) in [5.74, 6) is 0.124. The van der Waals surface area contributed by atoms with E-state index in [9.17, 15) is 4.79 Å². The smallest absolute Gasteiger partial charge is 0.278 e. The Morgan fingerprint density at radius 1 is 1.27 bits per heavy atom. The Morgan fingerprint density at radius 3 is 2.77 bits per heavy atom. The number of nitrogens with zero attached hydrogens (tertiary/aromatic N) is 1. The van der Waals surface area contributed by atoms with E-state index in [2.05, 4.69) is 10.3 Å². The molecule has 22 heavy (non-hydrogen) atoms. The topological polar surface area (TPSA) is 55.1 Å². The van der Waals surface area contributed by atoms with Crippen LogP contribution in [-0.2, 0) is 0 Å². The summed E-state index contributed by atoms with van der Waals surface area (Å²) in [6, 6.07) is 9.33. The Balaban J connectivity index is 1.89. The van der Waals surface area contributed by atoms with Gasteiger partial charge in [-0.1, -0.05) is 17.7 Å². The van der Waals surface area contributed by atoms with Crippen molar-refractivity contribution in [2.75, 3.05) is 5.32 Å². The lowest BCUT2D eigenvalue weighted by molar-refractivity contribution is 0.102. The molecule has 2 heterocycles. The van der Waals surface area contributed by atoms with Gasteiger partial charge in [0.25, 0.3) is 5.91 Å². The van der Waals surface area contributed by atoms with E-state index in [1.807, 2.05) is 32.0 Å². The molecule has 3 rings (SSSR count). The van der Waals surface area contributed by atoms with Crippen LogP contribution in [0, 0.1) is 13.8 Å². The van der Waals surface area contributed by atoms with Gasteiger partial charge in [0.2, 0.25) is 0 Å². The summed E-state index contributed by atoms with van der Waals surface area (Å²) in [5, 5.41) is 3.26. The van der Waals surface area contributed by atoms with Crippen LogP contribution in [0.3, 0.4) is 0 Å². The van der Waals surface area contributed by atoms with Crippen molar-refractivity contribution in [3.05, 3.63) is 57.9 Å². The number of aromatic nitrogens is 1. The molecule has 0 saturated heterocycles. The van der Waals surface area contributed by atoms with Gasteiger partial charge in [-0.25, -0.2) is 4.98 Å². The first-order valence-electron chi connectivity index (χ1n) is 6.62. The van der Waals surface area contributed by atoms with Gasteiger partial charge < -0.3 is 9.73 Å². The van der Waals surface area contributed by atoms with Gasteiger partial charge in [-0.3, -0.25) is 4.79 Å². The second-order valence-corrected chi connectivity index (χ2v) is 6.57. The number of hydrogen-bond donors (Lipinski definition) is 1. The Hall–Kier alpha value is -2.11. The molecule has 2 aromatic heterocycles. The van der Waals surface area contributed by atoms with E-state index < -0.39 is 0 Å². The third kappa shape index (κ3) is 2.91. The van der Waals surface area contributed by atoms with Crippen molar-refractivity contribution in [3.8, 4) is 10.6 Å². The number of oxazole rings is 1. The molecule has 4 nitrogen and oxygen atoms in total. The van der Waals surface area contributed by atoms with Crippen molar-refractivity contribution in [2.24, 2.45) is 0 Å². The highest BCUT2D eigenvalue weighted by Crippen LogP contribution is 2.31. The minimum atomic E-state index is -0.347. The predicted octanol–water partition coefficient (Wildman–Crippen LogP) is 4.93. The molecule has 0 aliphatic carbocycles. The van der Waals surface area contributed by atoms with Crippen molar-refractivity contribution in [2.45, 2.75) is 13.8 Å². The van der Waals surface area contributed by atoms with Crippen LogP contribution in [0.4, 0.5) is 5.69 Å². The van der Waals surface area contributed by atoms with Crippen LogP contribution in [0.5, 0.6) is 0 Å². The average molecular weight is 333 g/mol. The highest BCUT2D eigenvalue weighted by Gasteiger charge is 2.20. The van der Waals surface area contributed by atoms with Crippen molar-refractivity contribution in [1.82, 2.24) is 4.98 Å². The Labute approximate surface area is 136 Å². The third-order valence-electron chi connectivity index (χ3n) is 3.12. The number of hydrogen-bond acceptors (Lipinski definition) is 4. The van der Waals surface area contributed by atoms with Crippen LogP contribution < -0.4 is 5.32 Å². The summed E-state index contributed by atoms with van der Waals surface area (Å²) in [5.41, 5.74) is 1.83. The van der Waals surface area contributed by atoms with E-state index in [1.165, 1.54) is 6.39 Å². The molecule has 3 aromatic rings. The highest BCUT2D eigenvalue weighted by molar-refractivity contribution is 7.15. The van der Waals surface area contributed by atoms with Crippen molar-refractivity contribution >= 4 is 34.5 Å². The monoisotopic (exact) mass is 332 g/mol. The molecular weight excluding hydrogens is 320 g/mol. The van der Waals surface area contributed by atoms with Gasteiger partial charge in [0.15, 0.2) is 17.8 Å². The number of rotatable bonds is 3. The zero-order chi connectivity index (χ0) is 15.7. The minimum Gasteiger partial charge on any atom is -0.442 e. The molecule has 0 aliphatic rings. The van der Waals surface area contributed by atoms with Crippen LogP contribution >= 0.6 is 22.9 Å². The zero-order valence-corrected chi connectivity index (χ0v) is 13.6. The molecule has 0 spiro atoms. The number of aryl methyl sites for hydroxylation is 2. The summed E-state index contributed by atoms with van der Waals surface area (Å²) in [4.78, 5) is 18.5. The molecule has 1 N–H and O–H groups in total. The van der Waals surface area contributed by atoms with Gasteiger partial charge in [-0.2, -0.15) is 0 Å². The van der Waals surface area contributed by atoms with Crippen molar-refractivity contribution in [3.63, 3.8) is 0 Å². The standard InChI is InChI=1S/C16H13ClN2O2S/c1-9-3-5-12(11(17)7-9)19-16(20)14-15(21-8-18-14)13-6-4-10(2)22-13/h3-8H,1-2H3,(H,19,20). The van der Waals surface area contributed by atoms with E-state index in [0.717, 1.165) is 15.3 Å². The number of carbonyl (C=O) groups is 1. The number of carbonyl (C=O) groups excluding carboxylic acids is 1. The number of amides is 1. The number of anilines is 1. The van der Waals surface area contributed by atoms with Crippen LogP contribution in [0.1, 0.15) is 20.9 Å². The van der Waals surface area contributed by atoms with E-state index in [4.69, 9.17) is 16.0 Å². The molecule has 0 aliphatic heterocycles. The first kappa shape index (κ1) is 14.8. The number of nitrogens with one attached hydrogen (secondary N) is 1. The molecule has 0 saturated carbocycles. The molecule has 0 unspecified atom stereocenters. The fraction of sp³-hybridized carbons (Fsp3) is 0.125. The lowest BCUT2D eigenvalue weighted by atomic mass is 10.2. The fourth-order valence-corrected chi connectivity index (χ4v) is 3.18. The molecule has 1 amide bonds. The second kappa shape index (κ2) is 5.94. The number of benzene rings is 1. The maximum Gasteiger partial charge on any atom is 0.278 e. The molecule has 112 valence electrons. The van der Waals surface area contributed by atoms with Crippen LogP contribution in [-0.4, -0.2) is 10.9 Å². The van der Waals surface area contributed by atoms with Gasteiger partial charge in [-0.15, -0.1) is 11.3 Å². The molecule has 0 radical (unpaired) electrons. The lowest BCUT2D eigenvalue weighted by Crippen LogP contribution is -2.13. The fourth-order valence-electron chi connectivity index (χ4n) is 2.04. The third-order valence-corrected chi connectivity index (χ3v) is 4.43. The molecule has 0 fully saturated rings. The molecule has 0 atom stereocenters. The van der Waals surface area contributed by atoms with E-state index >= 15 is 0 Å². The summed E-state index contributed by atoms with van der Waals surface area (Å²) < 4.78 is 5.38. The molecule has 0 bridgehead atoms. The molecule has 1 aromatic carbocycles. The summed E-state index contributed by atoms with van der Waals surface area (Å²) in [6.45, 7) is 3.93. The van der Waals surface area contributed by atoms with Gasteiger partial charge in [0.05, 0.1) is 15.6 Å². The van der Waals surface area contributed by atoms with Gasteiger partial charge >= 0.3 is 0 Å². The molecular formula is C16H13ClN2O2S. The minimum absolute atomic E-state index is 0.249. The average Bonchev–Trinajstić information content (AvgIpc) is 3.10. The van der Waals surface area contributed by atoms with E-state index in [1.54, 1.807) is 23.5 Å². The summed E-state index contributed by atoms with van der Waals surface area (Å²) in [7, 11) is 0. The van der Waals surface area contributed by atoms with Crippen molar-refractivity contribution < 1.29 is 9.21 Å². The summed E-state index contributed by atoms with van der Waals surface area (Å²) >= 11 is 7.69. The zero-order valence-electron chi connectivity index (χ0n) is 12.0.